The number of guanidine groups is 1. The topological polar surface area (TPSA) is 45.7 Å². The third kappa shape index (κ3) is 6.59. The molecule has 0 spiro atoms. The summed E-state index contributed by atoms with van der Waals surface area (Å²) in [4.78, 5) is 4.82. The van der Waals surface area contributed by atoms with Crippen molar-refractivity contribution in [1.29, 1.82) is 0 Å². The maximum atomic E-state index is 6.06. The lowest BCUT2D eigenvalue weighted by atomic mass is 9.89. The van der Waals surface area contributed by atoms with E-state index in [4.69, 9.17) is 9.73 Å². The van der Waals surface area contributed by atoms with Gasteiger partial charge in [-0.15, -0.1) is 24.0 Å². The molecule has 5 heteroatoms. The zero-order chi connectivity index (χ0) is 16.5. The summed E-state index contributed by atoms with van der Waals surface area (Å²) in [5.74, 6) is 1.36. The standard InChI is InChI=1S/C19H31N3O.HI/c1-4-15(3)22-19(20-5-2)21-14-17-12-9-13-23-18(17)16-10-7-6-8-11-16;/h6-8,10-11,15,17-18H,4-5,9,12-14H2,1-3H3,(H2,20,21,22);1H. The van der Waals surface area contributed by atoms with Crippen LogP contribution in [0.1, 0.15) is 51.7 Å². The molecule has 1 saturated heterocycles. The number of hydrogen-bond donors (Lipinski definition) is 2. The second-order valence-electron chi connectivity index (χ2n) is 6.28. The molecule has 0 aromatic heterocycles. The minimum atomic E-state index is 0. The van der Waals surface area contributed by atoms with Gasteiger partial charge in [0.2, 0.25) is 0 Å². The van der Waals surface area contributed by atoms with Crippen molar-refractivity contribution >= 4 is 29.9 Å². The largest absolute Gasteiger partial charge is 0.373 e. The van der Waals surface area contributed by atoms with Gasteiger partial charge in [0, 0.05) is 31.7 Å². The summed E-state index contributed by atoms with van der Waals surface area (Å²) in [6, 6.07) is 11.0. The molecule has 2 rings (SSSR count). The van der Waals surface area contributed by atoms with E-state index >= 15 is 0 Å². The Hall–Kier alpha value is -0.820. The monoisotopic (exact) mass is 445 g/mol. The second kappa shape index (κ2) is 11.7. The molecule has 3 atom stereocenters. The first-order valence-electron chi connectivity index (χ1n) is 8.96. The van der Waals surface area contributed by atoms with Crippen LogP contribution in [0.4, 0.5) is 0 Å². The van der Waals surface area contributed by atoms with Crippen LogP contribution in [0.2, 0.25) is 0 Å². The van der Waals surface area contributed by atoms with Crippen molar-refractivity contribution in [2.24, 2.45) is 10.9 Å². The van der Waals surface area contributed by atoms with Gasteiger partial charge in [0.1, 0.15) is 0 Å². The van der Waals surface area contributed by atoms with E-state index in [1.165, 1.54) is 12.0 Å². The Morgan fingerprint density at radius 2 is 2.04 bits per heavy atom. The highest BCUT2D eigenvalue weighted by Gasteiger charge is 2.27. The predicted molar refractivity (Wildman–Crippen MR) is 112 cm³/mol. The van der Waals surface area contributed by atoms with E-state index in [1.54, 1.807) is 0 Å². The molecule has 1 aliphatic heterocycles. The Morgan fingerprint density at radius 3 is 2.71 bits per heavy atom. The van der Waals surface area contributed by atoms with Crippen LogP contribution in [0.3, 0.4) is 0 Å². The van der Waals surface area contributed by atoms with E-state index in [9.17, 15) is 0 Å². The van der Waals surface area contributed by atoms with Crippen molar-refractivity contribution in [2.75, 3.05) is 19.7 Å². The van der Waals surface area contributed by atoms with Gasteiger partial charge in [-0.05, 0) is 38.7 Å². The number of aliphatic imine (C=N–C) groups is 1. The zero-order valence-electron chi connectivity index (χ0n) is 15.1. The molecule has 136 valence electrons. The smallest absolute Gasteiger partial charge is 0.191 e. The lowest BCUT2D eigenvalue weighted by Gasteiger charge is -2.31. The zero-order valence-corrected chi connectivity index (χ0v) is 17.5. The molecule has 24 heavy (non-hydrogen) atoms. The quantitative estimate of drug-likeness (QED) is 0.393. The molecular formula is C19H32IN3O. The van der Waals surface area contributed by atoms with Gasteiger partial charge in [-0.3, -0.25) is 4.99 Å². The van der Waals surface area contributed by atoms with Crippen LogP contribution < -0.4 is 10.6 Å². The minimum Gasteiger partial charge on any atom is -0.373 e. The Morgan fingerprint density at radius 1 is 1.29 bits per heavy atom. The van der Waals surface area contributed by atoms with Crippen LogP contribution in [-0.2, 0) is 4.74 Å². The van der Waals surface area contributed by atoms with Gasteiger partial charge < -0.3 is 15.4 Å². The van der Waals surface area contributed by atoms with E-state index in [-0.39, 0.29) is 30.1 Å². The van der Waals surface area contributed by atoms with Crippen LogP contribution in [0.5, 0.6) is 0 Å². The van der Waals surface area contributed by atoms with Crippen molar-refractivity contribution in [2.45, 2.75) is 52.2 Å². The minimum absolute atomic E-state index is 0. The van der Waals surface area contributed by atoms with Crippen LogP contribution in [0.25, 0.3) is 0 Å². The molecule has 1 fully saturated rings. The van der Waals surface area contributed by atoms with Gasteiger partial charge in [-0.1, -0.05) is 37.3 Å². The summed E-state index contributed by atoms with van der Waals surface area (Å²) in [6.07, 6.45) is 3.55. The van der Waals surface area contributed by atoms with Crippen LogP contribution in [-0.4, -0.2) is 31.7 Å². The Kier molecular flexibility index (Phi) is 10.3. The lowest BCUT2D eigenvalue weighted by molar-refractivity contribution is -0.0250. The van der Waals surface area contributed by atoms with E-state index in [0.717, 1.165) is 38.5 Å². The van der Waals surface area contributed by atoms with Gasteiger partial charge in [0.15, 0.2) is 5.96 Å². The number of halogens is 1. The summed E-state index contributed by atoms with van der Waals surface area (Å²) in [6.45, 7) is 9.00. The molecule has 0 bridgehead atoms. The van der Waals surface area contributed by atoms with E-state index in [0.29, 0.717) is 12.0 Å². The SMILES string of the molecule is CCNC(=NCC1CCCOC1c1ccccc1)NC(C)CC.I. The average Bonchev–Trinajstić information content (AvgIpc) is 2.60. The van der Waals surface area contributed by atoms with Gasteiger partial charge in [-0.2, -0.15) is 0 Å². The van der Waals surface area contributed by atoms with Gasteiger partial charge in [0.05, 0.1) is 6.10 Å². The molecule has 1 aromatic rings. The first-order chi connectivity index (χ1) is 11.2. The second-order valence-corrected chi connectivity index (χ2v) is 6.28. The van der Waals surface area contributed by atoms with Gasteiger partial charge in [0.25, 0.3) is 0 Å². The Balaban J connectivity index is 0.00000288. The number of benzene rings is 1. The highest BCUT2D eigenvalue weighted by Crippen LogP contribution is 2.33. The first kappa shape index (κ1) is 21.2. The summed E-state index contributed by atoms with van der Waals surface area (Å²) >= 11 is 0. The predicted octanol–water partition coefficient (Wildman–Crippen LogP) is 4.13. The highest BCUT2D eigenvalue weighted by molar-refractivity contribution is 14.0. The fourth-order valence-electron chi connectivity index (χ4n) is 2.91. The van der Waals surface area contributed by atoms with Crippen molar-refractivity contribution in [3.63, 3.8) is 0 Å². The summed E-state index contributed by atoms with van der Waals surface area (Å²) in [5, 5.41) is 6.80. The number of hydrogen-bond acceptors (Lipinski definition) is 2. The molecule has 1 aliphatic rings. The summed E-state index contributed by atoms with van der Waals surface area (Å²) in [7, 11) is 0. The lowest BCUT2D eigenvalue weighted by Crippen LogP contribution is -2.42. The number of ether oxygens (including phenoxy) is 1. The van der Waals surface area contributed by atoms with E-state index in [1.807, 2.05) is 0 Å². The molecule has 3 unspecified atom stereocenters. The normalized spacial score (nSPS) is 22.4. The fourth-order valence-corrected chi connectivity index (χ4v) is 2.91. The average molecular weight is 445 g/mol. The maximum Gasteiger partial charge on any atom is 0.191 e. The summed E-state index contributed by atoms with van der Waals surface area (Å²) < 4.78 is 6.06. The van der Waals surface area contributed by atoms with E-state index in [2.05, 4.69) is 61.7 Å². The molecule has 0 aliphatic carbocycles. The Bertz CT molecular complexity index is 481. The van der Waals surface area contributed by atoms with Gasteiger partial charge >= 0.3 is 0 Å². The number of nitrogens with one attached hydrogen (secondary N) is 2. The number of rotatable bonds is 6. The van der Waals surface area contributed by atoms with E-state index < -0.39 is 0 Å². The molecule has 2 N–H and O–H groups in total. The molecule has 4 nitrogen and oxygen atoms in total. The molecule has 1 aromatic carbocycles. The first-order valence-corrected chi connectivity index (χ1v) is 8.96. The van der Waals surface area contributed by atoms with Crippen LogP contribution in [0.15, 0.2) is 35.3 Å². The van der Waals surface area contributed by atoms with Crippen LogP contribution >= 0.6 is 24.0 Å². The molecule has 1 heterocycles. The van der Waals surface area contributed by atoms with Crippen LogP contribution in [0, 0.1) is 5.92 Å². The summed E-state index contributed by atoms with van der Waals surface area (Å²) in [5.41, 5.74) is 1.27. The van der Waals surface area contributed by atoms with Crippen molar-refractivity contribution in [1.82, 2.24) is 10.6 Å². The fraction of sp³-hybridized carbons (Fsp3) is 0.632. The third-order valence-electron chi connectivity index (χ3n) is 4.40. The van der Waals surface area contributed by atoms with Gasteiger partial charge in [-0.25, -0.2) is 0 Å². The molecule has 0 amide bonds. The number of nitrogens with zero attached hydrogens (tertiary/aromatic N) is 1. The van der Waals surface area contributed by atoms with Crippen molar-refractivity contribution in [3.05, 3.63) is 35.9 Å². The van der Waals surface area contributed by atoms with Crippen molar-refractivity contribution in [3.8, 4) is 0 Å². The molecule has 0 radical (unpaired) electrons. The highest BCUT2D eigenvalue weighted by atomic mass is 127. The maximum absolute atomic E-state index is 6.06. The molecule has 0 saturated carbocycles. The Labute approximate surface area is 163 Å². The van der Waals surface area contributed by atoms with Crippen molar-refractivity contribution < 1.29 is 4.74 Å². The third-order valence-corrected chi connectivity index (χ3v) is 4.40. The molecular weight excluding hydrogens is 413 g/mol.